The summed E-state index contributed by atoms with van der Waals surface area (Å²) in [5.41, 5.74) is 5.68. The predicted molar refractivity (Wildman–Crippen MR) is 79.4 cm³/mol. The Labute approximate surface area is 123 Å². The van der Waals surface area contributed by atoms with E-state index in [1.165, 1.54) is 11.8 Å². The van der Waals surface area contributed by atoms with Gasteiger partial charge in [0.1, 0.15) is 11.8 Å². The van der Waals surface area contributed by atoms with Crippen LogP contribution in [0.4, 0.5) is 11.4 Å². The molecule has 1 unspecified atom stereocenters. The molecule has 1 atom stereocenters. The summed E-state index contributed by atoms with van der Waals surface area (Å²) >= 11 is 0. The fourth-order valence-corrected chi connectivity index (χ4v) is 2.59. The summed E-state index contributed by atoms with van der Waals surface area (Å²) in [6.07, 6.45) is 0.915. The van der Waals surface area contributed by atoms with Crippen molar-refractivity contribution in [2.24, 2.45) is 0 Å². The predicted octanol–water partition coefficient (Wildman–Crippen LogP) is 2.03. The molecule has 0 bridgehead atoms. The Morgan fingerprint density at radius 3 is 2.57 bits per heavy atom. The van der Waals surface area contributed by atoms with Crippen molar-refractivity contribution in [2.45, 2.75) is 45.3 Å². The molecule has 1 aliphatic rings. The quantitative estimate of drug-likeness (QED) is 0.828. The van der Waals surface area contributed by atoms with Gasteiger partial charge in [0, 0.05) is 11.8 Å². The third-order valence-electron chi connectivity index (χ3n) is 4.04. The first kappa shape index (κ1) is 15.2. The fourth-order valence-electron chi connectivity index (χ4n) is 2.59. The van der Waals surface area contributed by atoms with E-state index in [-0.39, 0.29) is 5.91 Å². The van der Waals surface area contributed by atoms with Gasteiger partial charge in [-0.25, -0.2) is 4.79 Å². The smallest absolute Gasteiger partial charge is 0.326 e. The van der Waals surface area contributed by atoms with Crippen molar-refractivity contribution in [3.8, 4) is 5.75 Å². The van der Waals surface area contributed by atoms with Crippen LogP contribution in [0.2, 0.25) is 0 Å². The highest BCUT2D eigenvalue weighted by Crippen LogP contribution is 2.42. The van der Waals surface area contributed by atoms with Gasteiger partial charge in [-0.1, -0.05) is 13.8 Å². The van der Waals surface area contributed by atoms with Gasteiger partial charge in [0.2, 0.25) is 0 Å². The van der Waals surface area contributed by atoms with Crippen LogP contribution in [0.25, 0.3) is 0 Å². The van der Waals surface area contributed by atoms with Crippen molar-refractivity contribution < 1.29 is 19.4 Å². The van der Waals surface area contributed by atoms with E-state index in [0.717, 1.165) is 0 Å². The molecule has 6 heteroatoms. The van der Waals surface area contributed by atoms with Crippen LogP contribution in [0.15, 0.2) is 18.2 Å². The van der Waals surface area contributed by atoms with E-state index in [1.54, 1.807) is 18.2 Å². The second-order valence-corrected chi connectivity index (χ2v) is 5.22. The number of nitrogens with two attached hydrogens (primary N) is 1. The lowest BCUT2D eigenvalue weighted by Crippen LogP contribution is -2.59. The zero-order chi connectivity index (χ0) is 15.8. The van der Waals surface area contributed by atoms with Gasteiger partial charge in [-0.3, -0.25) is 9.69 Å². The summed E-state index contributed by atoms with van der Waals surface area (Å²) in [5.74, 6) is -0.930. The topological polar surface area (TPSA) is 92.9 Å². The molecule has 3 N–H and O–H groups in total. The zero-order valence-corrected chi connectivity index (χ0v) is 12.4. The number of anilines is 2. The van der Waals surface area contributed by atoms with Gasteiger partial charge in [-0.15, -0.1) is 0 Å². The number of carboxylic acid groups (broad SMARTS) is 1. The molecule has 0 aliphatic carbocycles. The molecule has 0 spiro atoms. The molecule has 1 heterocycles. The molecule has 114 valence electrons. The number of fused-ring (bicyclic) bond motifs is 1. The number of amides is 1. The zero-order valence-electron chi connectivity index (χ0n) is 12.4. The average molecular weight is 292 g/mol. The number of rotatable bonds is 4. The van der Waals surface area contributed by atoms with Gasteiger partial charge in [0.25, 0.3) is 5.91 Å². The molecule has 1 amide bonds. The lowest BCUT2D eigenvalue weighted by Gasteiger charge is -2.43. The Morgan fingerprint density at radius 1 is 1.43 bits per heavy atom. The molecule has 0 aromatic heterocycles. The number of hydrogen-bond acceptors (Lipinski definition) is 4. The molecule has 1 aliphatic heterocycles. The van der Waals surface area contributed by atoms with Gasteiger partial charge in [0.05, 0.1) is 5.69 Å². The van der Waals surface area contributed by atoms with Crippen molar-refractivity contribution in [1.82, 2.24) is 0 Å². The number of carboxylic acids is 1. The fraction of sp³-hybridized carbons (Fsp3) is 0.467. The minimum atomic E-state index is -1.06. The van der Waals surface area contributed by atoms with Crippen molar-refractivity contribution >= 4 is 23.3 Å². The molecule has 21 heavy (non-hydrogen) atoms. The van der Waals surface area contributed by atoms with Crippen LogP contribution in [0.1, 0.15) is 33.6 Å². The lowest BCUT2D eigenvalue weighted by molar-refractivity contribution is -0.144. The highest BCUT2D eigenvalue weighted by atomic mass is 16.5. The maximum absolute atomic E-state index is 12.8. The van der Waals surface area contributed by atoms with Crippen molar-refractivity contribution in [2.75, 3.05) is 10.6 Å². The highest BCUT2D eigenvalue weighted by molar-refractivity contribution is 6.06. The van der Waals surface area contributed by atoms with Crippen LogP contribution in [0.5, 0.6) is 5.75 Å². The van der Waals surface area contributed by atoms with Gasteiger partial charge in [-0.2, -0.15) is 0 Å². The first-order valence-electron chi connectivity index (χ1n) is 7.01. The maximum atomic E-state index is 12.8. The molecule has 1 aromatic carbocycles. The minimum Gasteiger partial charge on any atom is -0.480 e. The molecule has 2 rings (SSSR count). The molecular weight excluding hydrogens is 272 g/mol. The summed E-state index contributed by atoms with van der Waals surface area (Å²) in [7, 11) is 0. The van der Waals surface area contributed by atoms with Crippen molar-refractivity contribution in [3.05, 3.63) is 18.2 Å². The van der Waals surface area contributed by atoms with E-state index >= 15 is 0 Å². The number of aliphatic carboxylic acids is 1. The SMILES string of the molecule is CCC1(CC)Oc2cc(N)ccc2N(C(C)C(=O)O)C1=O. The number of benzene rings is 1. The monoisotopic (exact) mass is 292 g/mol. The van der Waals surface area contributed by atoms with Gasteiger partial charge in [0.15, 0.2) is 5.60 Å². The Balaban J connectivity index is 2.62. The molecule has 1 aromatic rings. The molecule has 0 saturated carbocycles. The molecule has 0 fully saturated rings. The highest BCUT2D eigenvalue weighted by Gasteiger charge is 2.48. The summed E-state index contributed by atoms with van der Waals surface area (Å²) in [6.45, 7) is 5.19. The Bertz CT molecular complexity index is 581. The summed E-state index contributed by atoms with van der Waals surface area (Å²) < 4.78 is 5.91. The molecule has 0 saturated heterocycles. The minimum absolute atomic E-state index is 0.320. The normalized spacial score (nSPS) is 17.9. The number of ether oxygens (including phenoxy) is 1. The third-order valence-corrected chi connectivity index (χ3v) is 4.04. The van der Waals surface area contributed by atoms with Crippen LogP contribution in [0, 0.1) is 0 Å². The van der Waals surface area contributed by atoms with Crippen LogP contribution in [-0.2, 0) is 9.59 Å². The van der Waals surface area contributed by atoms with Gasteiger partial charge < -0.3 is 15.6 Å². The largest absolute Gasteiger partial charge is 0.480 e. The van der Waals surface area contributed by atoms with Crippen LogP contribution >= 0.6 is 0 Å². The standard InChI is InChI=1S/C15H20N2O4/c1-4-15(5-2)14(20)17(9(3)13(18)19)11-7-6-10(16)8-12(11)21-15/h6-9H,4-5,16H2,1-3H3,(H,18,19). The third kappa shape index (κ3) is 2.30. The Hall–Kier alpha value is -2.24. The average Bonchev–Trinajstić information content (AvgIpc) is 2.46. The summed E-state index contributed by atoms with van der Waals surface area (Å²) in [4.78, 5) is 25.5. The van der Waals surface area contributed by atoms with E-state index in [9.17, 15) is 14.7 Å². The Morgan fingerprint density at radius 2 is 2.05 bits per heavy atom. The first-order chi connectivity index (χ1) is 9.86. The van der Waals surface area contributed by atoms with Crippen molar-refractivity contribution in [1.29, 1.82) is 0 Å². The summed E-state index contributed by atoms with van der Waals surface area (Å²) in [6, 6.07) is 3.91. The van der Waals surface area contributed by atoms with Crippen LogP contribution < -0.4 is 15.4 Å². The van der Waals surface area contributed by atoms with Gasteiger partial charge >= 0.3 is 5.97 Å². The summed E-state index contributed by atoms with van der Waals surface area (Å²) in [5, 5.41) is 9.29. The second-order valence-electron chi connectivity index (χ2n) is 5.22. The van der Waals surface area contributed by atoms with E-state index in [1.807, 2.05) is 13.8 Å². The number of hydrogen-bond donors (Lipinski definition) is 2. The van der Waals surface area contributed by atoms with Gasteiger partial charge in [-0.05, 0) is 31.9 Å². The maximum Gasteiger partial charge on any atom is 0.326 e. The van der Waals surface area contributed by atoms with E-state index in [2.05, 4.69) is 0 Å². The van der Waals surface area contributed by atoms with E-state index in [0.29, 0.717) is 30.0 Å². The second kappa shape index (κ2) is 5.27. The molecule has 6 nitrogen and oxygen atoms in total. The van der Waals surface area contributed by atoms with Crippen LogP contribution in [-0.4, -0.2) is 28.6 Å². The molecule has 0 radical (unpaired) electrons. The lowest BCUT2D eigenvalue weighted by atomic mass is 9.92. The van der Waals surface area contributed by atoms with E-state index in [4.69, 9.17) is 10.5 Å². The number of nitrogens with zero attached hydrogens (tertiary/aromatic N) is 1. The van der Waals surface area contributed by atoms with Crippen molar-refractivity contribution in [3.63, 3.8) is 0 Å². The Kier molecular flexibility index (Phi) is 3.80. The number of carbonyl (C=O) groups excluding carboxylic acids is 1. The molecular formula is C15H20N2O4. The van der Waals surface area contributed by atoms with Crippen LogP contribution in [0.3, 0.4) is 0 Å². The number of carbonyl (C=O) groups is 2. The first-order valence-corrected chi connectivity index (χ1v) is 7.01. The number of nitrogen functional groups attached to an aromatic ring is 1. The van der Waals surface area contributed by atoms with E-state index < -0.39 is 17.6 Å².